The van der Waals surface area contributed by atoms with Crippen LogP contribution < -0.4 is 15.8 Å². The van der Waals surface area contributed by atoms with Gasteiger partial charge in [-0.15, -0.1) is 12.4 Å². The third-order valence-corrected chi connectivity index (χ3v) is 5.67. The van der Waals surface area contributed by atoms with Gasteiger partial charge in [-0.1, -0.05) is 12.1 Å². The van der Waals surface area contributed by atoms with Crippen molar-refractivity contribution in [2.75, 3.05) is 0 Å². The first kappa shape index (κ1) is 19.2. The summed E-state index contributed by atoms with van der Waals surface area (Å²) >= 11 is 0. The van der Waals surface area contributed by atoms with Gasteiger partial charge in [0.1, 0.15) is 0 Å². The van der Waals surface area contributed by atoms with Gasteiger partial charge in [-0.3, -0.25) is 4.79 Å². The summed E-state index contributed by atoms with van der Waals surface area (Å²) in [6.07, 6.45) is 5.14. The number of carbonyl (C=O) groups excluding carboxylic acids is 1. The molecule has 2 heterocycles. The average Bonchev–Trinajstić information content (AvgIpc) is 2.83. The van der Waals surface area contributed by atoms with E-state index < -0.39 is 10.0 Å². The Balaban J connectivity index is 0.00000208. The highest BCUT2D eigenvalue weighted by atomic mass is 35.5. The Hall–Kier alpha value is -1.15. The minimum absolute atomic E-state index is 0. The molecule has 3 rings (SSSR count). The van der Waals surface area contributed by atoms with E-state index in [0.717, 1.165) is 18.4 Å². The summed E-state index contributed by atoms with van der Waals surface area (Å²) in [7, 11) is -3.71. The number of fused-ring (bicyclic) bond motifs is 2. The Kier molecular flexibility index (Phi) is 6.25. The molecular weight excluding hydrogens is 350 g/mol. The van der Waals surface area contributed by atoms with Crippen molar-refractivity contribution < 1.29 is 13.2 Å². The van der Waals surface area contributed by atoms with E-state index in [1.165, 1.54) is 25.0 Å². The summed E-state index contributed by atoms with van der Waals surface area (Å²) in [6.45, 7) is 0.319. The van der Waals surface area contributed by atoms with Gasteiger partial charge in [0, 0.05) is 25.0 Å². The van der Waals surface area contributed by atoms with E-state index in [1.54, 1.807) is 12.1 Å². The number of halogens is 1. The van der Waals surface area contributed by atoms with Crippen LogP contribution in [0.15, 0.2) is 29.2 Å². The summed E-state index contributed by atoms with van der Waals surface area (Å²) in [5.74, 6) is 0.474. The van der Waals surface area contributed by atoms with E-state index >= 15 is 0 Å². The Labute approximate surface area is 149 Å². The monoisotopic (exact) mass is 373 g/mol. The van der Waals surface area contributed by atoms with Crippen molar-refractivity contribution in [2.45, 2.75) is 55.6 Å². The summed E-state index contributed by atoms with van der Waals surface area (Å²) in [6, 6.07) is 7.52. The van der Waals surface area contributed by atoms with Crippen LogP contribution in [0.4, 0.5) is 0 Å². The molecule has 1 amide bonds. The van der Waals surface area contributed by atoms with Crippen molar-refractivity contribution in [1.82, 2.24) is 10.6 Å². The molecule has 2 bridgehead atoms. The van der Waals surface area contributed by atoms with Gasteiger partial charge in [-0.05, 0) is 49.3 Å². The second-order valence-corrected chi connectivity index (χ2v) is 8.21. The lowest BCUT2D eigenvalue weighted by Crippen LogP contribution is -2.39. The molecule has 24 heavy (non-hydrogen) atoms. The molecular formula is C16H24ClN3O3S. The number of sulfonamides is 1. The highest BCUT2D eigenvalue weighted by Gasteiger charge is 2.34. The number of carbonyl (C=O) groups is 1. The van der Waals surface area contributed by atoms with Gasteiger partial charge < -0.3 is 10.6 Å². The number of rotatable bonds is 5. The highest BCUT2D eigenvalue weighted by molar-refractivity contribution is 7.89. The Bertz CT molecular complexity index is 684. The zero-order chi connectivity index (χ0) is 16.4. The Morgan fingerprint density at radius 1 is 1.25 bits per heavy atom. The first-order valence-electron chi connectivity index (χ1n) is 8.04. The van der Waals surface area contributed by atoms with Gasteiger partial charge in [0.25, 0.3) is 0 Å². The van der Waals surface area contributed by atoms with Gasteiger partial charge in [0.15, 0.2) is 0 Å². The first-order chi connectivity index (χ1) is 10.9. The fraction of sp³-hybridized carbons (Fsp3) is 0.562. The molecule has 4 N–H and O–H groups in total. The molecule has 2 aliphatic heterocycles. The third kappa shape index (κ3) is 4.92. The van der Waals surface area contributed by atoms with Crippen LogP contribution in [0.25, 0.3) is 0 Å². The van der Waals surface area contributed by atoms with Crippen LogP contribution in [0.3, 0.4) is 0 Å². The van der Waals surface area contributed by atoms with E-state index in [9.17, 15) is 13.2 Å². The van der Waals surface area contributed by atoms with Crippen LogP contribution in [0.1, 0.15) is 37.7 Å². The number of hydrogen-bond acceptors (Lipinski definition) is 4. The van der Waals surface area contributed by atoms with E-state index in [4.69, 9.17) is 5.14 Å². The summed E-state index contributed by atoms with van der Waals surface area (Å²) in [4.78, 5) is 12.2. The maximum absolute atomic E-state index is 12.1. The predicted octanol–water partition coefficient (Wildman–Crippen LogP) is 1.29. The van der Waals surface area contributed by atoms with E-state index in [0.29, 0.717) is 31.0 Å². The number of nitrogens with two attached hydrogens (primary N) is 1. The van der Waals surface area contributed by atoms with Gasteiger partial charge >= 0.3 is 0 Å². The smallest absolute Gasteiger partial charge is 0.238 e. The number of hydrogen-bond donors (Lipinski definition) is 3. The molecule has 0 radical (unpaired) electrons. The largest absolute Gasteiger partial charge is 0.352 e. The summed E-state index contributed by atoms with van der Waals surface area (Å²) in [5.41, 5.74) is 0.732. The van der Waals surface area contributed by atoms with Crippen LogP contribution in [-0.2, 0) is 21.4 Å². The molecule has 2 aliphatic rings. The van der Waals surface area contributed by atoms with Crippen molar-refractivity contribution >= 4 is 28.3 Å². The molecule has 6 nitrogen and oxygen atoms in total. The van der Waals surface area contributed by atoms with Crippen molar-refractivity contribution in [1.29, 1.82) is 0 Å². The lowest BCUT2D eigenvalue weighted by molar-refractivity contribution is -0.122. The minimum Gasteiger partial charge on any atom is -0.352 e. The molecule has 2 saturated heterocycles. The van der Waals surface area contributed by atoms with Gasteiger partial charge in [0.2, 0.25) is 15.9 Å². The number of benzene rings is 1. The normalized spacial score (nSPS) is 25.8. The lowest BCUT2D eigenvalue weighted by atomic mass is 9.89. The molecule has 134 valence electrons. The molecule has 0 saturated carbocycles. The molecule has 0 aliphatic carbocycles. The summed E-state index contributed by atoms with van der Waals surface area (Å²) in [5, 5.41) is 11.6. The van der Waals surface area contributed by atoms with Crippen LogP contribution in [0.2, 0.25) is 0 Å². The number of piperidine rings is 1. The molecule has 8 heteroatoms. The zero-order valence-corrected chi connectivity index (χ0v) is 15.0. The Morgan fingerprint density at radius 2 is 1.92 bits per heavy atom. The van der Waals surface area contributed by atoms with Crippen molar-refractivity contribution in [3.8, 4) is 0 Å². The van der Waals surface area contributed by atoms with Crippen LogP contribution in [0.5, 0.6) is 0 Å². The average molecular weight is 374 g/mol. The first-order valence-corrected chi connectivity index (χ1v) is 9.59. The fourth-order valence-corrected chi connectivity index (χ4v) is 4.29. The lowest BCUT2D eigenvalue weighted by Gasteiger charge is -2.28. The molecule has 2 unspecified atom stereocenters. The van der Waals surface area contributed by atoms with Crippen molar-refractivity contribution in [2.24, 2.45) is 11.1 Å². The van der Waals surface area contributed by atoms with Crippen LogP contribution in [-0.4, -0.2) is 26.4 Å². The molecule has 0 spiro atoms. The second kappa shape index (κ2) is 7.82. The van der Waals surface area contributed by atoms with Crippen molar-refractivity contribution in [3.05, 3.63) is 29.8 Å². The number of amides is 1. The van der Waals surface area contributed by atoms with Crippen LogP contribution in [0, 0.1) is 5.92 Å². The molecule has 0 aromatic heterocycles. The topological polar surface area (TPSA) is 101 Å². The zero-order valence-electron chi connectivity index (χ0n) is 13.4. The van der Waals surface area contributed by atoms with Crippen LogP contribution >= 0.6 is 12.4 Å². The quantitative estimate of drug-likeness (QED) is 0.723. The number of nitrogens with one attached hydrogen (secondary N) is 2. The summed E-state index contributed by atoms with van der Waals surface area (Å²) < 4.78 is 22.7. The maximum atomic E-state index is 12.1. The van der Waals surface area contributed by atoms with Crippen molar-refractivity contribution in [3.63, 3.8) is 0 Å². The highest BCUT2D eigenvalue weighted by Crippen LogP contribution is 2.32. The molecule has 1 aromatic rings. The SMILES string of the molecule is Cl.NS(=O)(=O)c1cccc(CNC(=O)CC2CC3CCC(C2)N3)c1. The maximum Gasteiger partial charge on any atom is 0.238 e. The van der Waals surface area contributed by atoms with E-state index in [2.05, 4.69) is 10.6 Å². The molecule has 2 atom stereocenters. The minimum atomic E-state index is -3.71. The van der Waals surface area contributed by atoms with Gasteiger partial charge in [0.05, 0.1) is 4.90 Å². The fourth-order valence-electron chi connectivity index (χ4n) is 3.71. The second-order valence-electron chi connectivity index (χ2n) is 6.65. The van der Waals surface area contributed by atoms with Gasteiger partial charge in [-0.2, -0.15) is 0 Å². The standard InChI is InChI=1S/C16H23N3O3S.ClH/c17-23(21,22)15-3-1-2-11(8-15)10-18-16(20)9-12-6-13-4-5-14(7-12)19-13;/h1-3,8,12-14,19H,4-7,9-10H2,(H,18,20)(H2,17,21,22);1H. The molecule has 2 fully saturated rings. The van der Waals surface area contributed by atoms with E-state index in [1.807, 2.05) is 0 Å². The third-order valence-electron chi connectivity index (χ3n) is 4.76. The van der Waals surface area contributed by atoms with E-state index in [-0.39, 0.29) is 23.2 Å². The number of primary sulfonamides is 1. The van der Waals surface area contributed by atoms with Gasteiger partial charge in [-0.25, -0.2) is 13.6 Å². The Morgan fingerprint density at radius 3 is 2.54 bits per heavy atom. The molecule has 1 aromatic carbocycles. The predicted molar refractivity (Wildman–Crippen MR) is 94.2 cm³/mol.